The number of carbonyl (C=O) groups excluding carboxylic acids is 1. The summed E-state index contributed by atoms with van der Waals surface area (Å²) in [5.74, 6) is -3.26. The van der Waals surface area contributed by atoms with Crippen LogP contribution in [0.2, 0.25) is 0 Å². The largest absolute Gasteiger partial charge is 0.481 e. The third kappa shape index (κ3) is 6.36. The maximum atomic E-state index is 11.2. The van der Waals surface area contributed by atoms with Crippen LogP contribution in [-0.2, 0) is 14.4 Å². The zero-order valence-corrected chi connectivity index (χ0v) is 10.1. The number of carboxylic acid groups (broad SMARTS) is 2. The van der Waals surface area contributed by atoms with Gasteiger partial charge >= 0.3 is 11.9 Å². The first-order valence-corrected chi connectivity index (χ1v) is 5.81. The van der Waals surface area contributed by atoms with Gasteiger partial charge in [-0.15, -0.1) is 11.8 Å². The van der Waals surface area contributed by atoms with E-state index in [-0.39, 0.29) is 6.42 Å². The maximum Gasteiger partial charge on any atom is 0.326 e. The minimum absolute atomic E-state index is 0.0973. The SMILES string of the molecule is CSC(=S)CC(=O)NC(CC(=O)O)C(=O)O. The molecule has 0 radical (unpaired) electrons. The van der Waals surface area contributed by atoms with E-state index < -0.39 is 30.3 Å². The number of carboxylic acids is 2. The molecule has 0 rings (SSSR count). The fraction of sp³-hybridized carbons (Fsp3) is 0.500. The first-order valence-electron chi connectivity index (χ1n) is 4.17. The Kier molecular flexibility index (Phi) is 6.66. The second-order valence-corrected chi connectivity index (χ2v) is 4.46. The number of rotatable bonds is 6. The number of amides is 1. The summed E-state index contributed by atoms with van der Waals surface area (Å²) in [5.41, 5.74) is 0. The van der Waals surface area contributed by atoms with Gasteiger partial charge in [-0.05, 0) is 6.26 Å². The van der Waals surface area contributed by atoms with Gasteiger partial charge < -0.3 is 15.5 Å². The molecule has 0 aliphatic rings. The van der Waals surface area contributed by atoms with Gasteiger partial charge in [0, 0.05) is 0 Å². The molecular formula is C8H11NO5S2. The molecule has 0 aliphatic carbocycles. The molecule has 0 aromatic heterocycles. The Labute approximate surface area is 101 Å². The summed E-state index contributed by atoms with van der Waals surface area (Å²) in [6, 6.07) is -1.42. The Bertz CT molecular complexity index is 318. The van der Waals surface area contributed by atoms with E-state index in [1.54, 1.807) is 6.26 Å². The maximum absolute atomic E-state index is 11.2. The Balaban J connectivity index is 4.29. The first kappa shape index (κ1) is 14.8. The van der Waals surface area contributed by atoms with Crippen LogP contribution in [0.5, 0.6) is 0 Å². The van der Waals surface area contributed by atoms with Gasteiger partial charge in [-0.3, -0.25) is 9.59 Å². The normalized spacial score (nSPS) is 11.6. The second kappa shape index (κ2) is 7.18. The second-order valence-electron chi connectivity index (χ2n) is 2.81. The van der Waals surface area contributed by atoms with E-state index in [4.69, 9.17) is 22.4 Å². The number of nitrogens with one attached hydrogen (secondary N) is 1. The topological polar surface area (TPSA) is 104 Å². The minimum atomic E-state index is -1.42. The van der Waals surface area contributed by atoms with Crippen molar-refractivity contribution in [2.45, 2.75) is 18.9 Å². The Hall–Kier alpha value is -1.15. The van der Waals surface area contributed by atoms with Crippen LogP contribution in [0.3, 0.4) is 0 Å². The molecule has 0 saturated heterocycles. The van der Waals surface area contributed by atoms with Crippen molar-refractivity contribution in [3.63, 3.8) is 0 Å². The highest BCUT2D eigenvalue weighted by Gasteiger charge is 2.23. The van der Waals surface area contributed by atoms with Gasteiger partial charge in [-0.1, -0.05) is 12.2 Å². The zero-order valence-electron chi connectivity index (χ0n) is 8.43. The molecule has 0 aromatic rings. The van der Waals surface area contributed by atoms with Crippen molar-refractivity contribution >= 4 is 46.0 Å². The van der Waals surface area contributed by atoms with Crippen LogP contribution >= 0.6 is 24.0 Å². The number of thiocarbonyl (C=S) groups is 1. The molecule has 3 N–H and O–H groups in total. The number of hydrogen-bond acceptors (Lipinski definition) is 5. The van der Waals surface area contributed by atoms with Crippen LogP contribution in [0, 0.1) is 0 Å². The molecule has 0 aromatic carbocycles. The molecule has 0 spiro atoms. The third-order valence-electron chi connectivity index (χ3n) is 1.54. The van der Waals surface area contributed by atoms with Gasteiger partial charge in [0.15, 0.2) is 0 Å². The molecule has 1 amide bonds. The number of aliphatic carboxylic acids is 2. The summed E-state index contributed by atoms with van der Waals surface area (Å²) < 4.78 is 0.414. The lowest BCUT2D eigenvalue weighted by Gasteiger charge is -2.11. The summed E-state index contributed by atoms with van der Waals surface area (Å²) in [7, 11) is 0. The molecule has 16 heavy (non-hydrogen) atoms. The van der Waals surface area contributed by atoms with Crippen molar-refractivity contribution in [1.82, 2.24) is 5.32 Å². The van der Waals surface area contributed by atoms with Crippen LogP contribution in [-0.4, -0.2) is 44.6 Å². The summed E-state index contributed by atoms with van der Waals surface area (Å²) in [4.78, 5) is 32.2. The molecule has 90 valence electrons. The summed E-state index contributed by atoms with van der Waals surface area (Å²) in [6.07, 6.45) is 0.939. The lowest BCUT2D eigenvalue weighted by Crippen LogP contribution is -2.42. The van der Waals surface area contributed by atoms with E-state index in [0.29, 0.717) is 4.20 Å². The van der Waals surface area contributed by atoms with E-state index in [2.05, 4.69) is 5.32 Å². The predicted octanol–water partition coefficient (Wildman–Crippen LogP) is 0.111. The van der Waals surface area contributed by atoms with E-state index in [9.17, 15) is 14.4 Å². The van der Waals surface area contributed by atoms with Crippen LogP contribution in [0.25, 0.3) is 0 Å². The standard InChI is InChI=1S/C8H11NO5S2/c1-16-7(15)3-5(10)9-4(8(13)14)2-6(11)12/h4H,2-3H2,1H3,(H,9,10)(H,11,12)(H,13,14). The quantitative estimate of drug-likeness (QED) is 0.585. The van der Waals surface area contributed by atoms with Crippen molar-refractivity contribution in [3.8, 4) is 0 Å². The smallest absolute Gasteiger partial charge is 0.326 e. The molecule has 0 fully saturated rings. The first-order chi connectivity index (χ1) is 7.36. The van der Waals surface area contributed by atoms with Crippen LogP contribution < -0.4 is 5.32 Å². The highest BCUT2D eigenvalue weighted by atomic mass is 32.2. The van der Waals surface area contributed by atoms with Crippen molar-refractivity contribution in [3.05, 3.63) is 0 Å². The predicted molar refractivity (Wildman–Crippen MR) is 62.5 cm³/mol. The van der Waals surface area contributed by atoms with Crippen LogP contribution in [0.4, 0.5) is 0 Å². The number of carbonyl (C=O) groups is 3. The lowest BCUT2D eigenvalue weighted by atomic mass is 10.2. The van der Waals surface area contributed by atoms with Gasteiger partial charge in [0.2, 0.25) is 5.91 Å². The van der Waals surface area contributed by atoms with Crippen molar-refractivity contribution in [2.24, 2.45) is 0 Å². The molecule has 1 atom stereocenters. The Morgan fingerprint density at radius 1 is 1.38 bits per heavy atom. The van der Waals surface area contributed by atoms with E-state index in [1.165, 1.54) is 11.8 Å². The number of hydrogen-bond donors (Lipinski definition) is 3. The van der Waals surface area contributed by atoms with Crippen molar-refractivity contribution in [1.29, 1.82) is 0 Å². The molecule has 1 unspecified atom stereocenters. The molecular weight excluding hydrogens is 254 g/mol. The van der Waals surface area contributed by atoms with Gasteiger partial charge in [0.05, 0.1) is 17.0 Å². The molecule has 0 heterocycles. The summed E-state index contributed by atoms with van der Waals surface area (Å²) in [6.45, 7) is 0. The van der Waals surface area contributed by atoms with E-state index in [0.717, 1.165) is 0 Å². The Morgan fingerprint density at radius 2 is 1.94 bits per heavy atom. The average Bonchev–Trinajstić information content (AvgIpc) is 2.15. The average molecular weight is 265 g/mol. The molecule has 6 nitrogen and oxygen atoms in total. The van der Waals surface area contributed by atoms with Crippen LogP contribution in [0.15, 0.2) is 0 Å². The van der Waals surface area contributed by atoms with E-state index in [1.807, 2.05) is 0 Å². The van der Waals surface area contributed by atoms with Gasteiger partial charge in [-0.2, -0.15) is 0 Å². The van der Waals surface area contributed by atoms with Gasteiger partial charge in [0.25, 0.3) is 0 Å². The number of thioether (sulfide) groups is 1. The summed E-state index contributed by atoms with van der Waals surface area (Å²) >= 11 is 5.99. The van der Waals surface area contributed by atoms with Crippen molar-refractivity contribution in [2.75, 3.05) is 6.26 Å². The molecule has 0 bridgehead atoms. The van der Waals surface area contributed by atoms with Crippen molar-refractivity contribution < 1.29 is 24.6 Å². The van der Waals surface area contributed by atoms with E-state index >= 15 is 0 Å². The summed E-state index contributed by atoms with van der Waals surface area (Å²) in [5, 5.41) is 19.2. The monoisotopic (exact) mass is 265 g/mol. The van der Waals surface area contributed by atoms with Crippen LogP contribution in [0.1, 0.15) is 12.8 Å². The molecule has 8 heteroatoms. The third-order valence-corrected chi connectivity index (χ3v) is 2.79. The molecule has 0 aliphatic heterocycles. The fourth-order valence-electron chi connectivity index (χ4n) is 0.823. The lowest BCUT2D eigenvalue weighted by molar-refractivity contribution is -0.147. The highest BCUT2D eigenvalue weighted by Crippen LogP contribution is 2.03. The minimum Gasteiger partial charge on any atom is -0.481 e. The Morgan fingerprint density at radius 3 is 2.31 bits per heavy atom. The van der Waals surface area contributed by atoms with Gasteiger partial charge in [0.1, 0.15) is 6.04 Å². The zero-order chi connectivity index (χ0) is 12.7. The highest BCUT2D eigenvalue weighted by molar-refractivity contribution is 8.22. The molecule has 0 saturated carbocycles. The fourth-order valence-corrected chi connectivity index (χ4v) is 1.23. The van der Waals surface area contributed by atoms with Gasteiger partial charge in [-0.25, -0.2) is 4.79 Å².